The second-order valence-corrected chi connectivity index (χ2v) is 6.51. The fourth-order valence-electron chi connectivity index (χ4n) is 1.31. The van der Waals surface area contributed by atoms with Crippen LogP contribution in [0.1, 0.15) is 20.8 Å². The number of nitrogens with one attached hydrogen (secondary N) is 2. The Labute approximate surface area is 147 Å². The first-order valence-corrected chi connectivity index (χ1v) is 9.52. The summed E-state index contributed by atoms with van der Waals surface area (Å²) in [7, 11) is 1.24. The van der Waals surface area contributed by atoms with E-state index in [1.165, 1.54) is 10.8 Å². The minimum Gasteiger partial charge on any atom is -0.377 e. The van der Waals surface area contributed by atoms with E-state index in [1.807, 2.05) is 20.8 Å². The van der Waals surface area contributed by atoms with Crippen LogP contribution in [0.3, 0.4) is 0 Å². The van der Waals surface area contributed by atoms with Gasteiger partial charge in [0.25, 0.3) is 0 Å². The number of ether oxygens (including phenoxy) is 3. The molecule has 0 aromatic rings. The molecule has 0 aromatic heterocycles. The molecule has 0 saturated carbocycles. The fraction of sp³-hybridized carbons (Fsp3) is 0.857. The van der Waals surface area contributed by atoms with E-state index in [4.69, 9.17) is 14.2 Å². The highest BCUT2D eigenvalue weighted by molar-refractivity contribution is 8.68. The molecule has 136 valence electrons. The van der Waals surface area contributed by atoms with Gasteiger partial charge in [0.2, 0.25) is 11.8 Å². The van der Waals surface area contributed by atoms with Crippen LogP contribution in [0.4, 0.5) is 0 Å². The molecule has 0 bridgehead atoms. The maximum atomic E-state index is 11.4. The van der Waals surface area contributed by atoms with Crippen LogP contribution in [0.25, 0.3) is 0 Å². The highest BCUT2D eigenvalue weighted by Gasteiger charge is 2.05. The number of carbonyl (C=O) groups is 2. The van der Waals surface area contributed by atoms with Crippen molar-refractivity contribution >= 4 is 34.3 Å². The molecule has 2 N–H and O–H groups in total. The Morgan fingerprint density at radius 3 is 2.09 bits per heavy atom. The van der Waals surface area contributed by atoms with Gasteiger partial charge in [0.05, 0.1) is 26.4 Å². The van der Waals surface area contributed by atoms with Gasteiger partial charge in [-0.2, -0.15) is 0 Å². The van der Waals surface area contributed by atoms with E-state index in [0.29, 0.717) is 39.5 Å². The van der Waals surface area contributed by atoms with Crippen molar-refractivity contribution in [3.8, 4) is 0 Å². The number of hydrogen-bond donors (Lipinski definition) is 3. The Hall–Kier alpha value is -0.480. The standard InChI is InChI=1S/C14H28N2O5S2/c1-11(2)14(18)16-5-7-20-9-8-19-6-4-15-13(17)10-21-12(3)23-22/h11-12,22H,4-10H2,1-3H3,(H,15,17)(H,16,18). The van der Waals surface area contributed by atoms with E-state index in [1.54, 1.807) is 0 Å². The monoisotopic (exact) mass is 368 g/mol. The van der Waals surface area contributed by atoms with Crippen molar-refractivity contribution in [1.82, 2.24) is 10.6 Å². The summed E-state index contributed by atoms with van der Waals surface area (Å²) in [5, 5.41) is 5.44. The Morgan fingerprint density at radius 1 is 1.00 bits per heavy atom. The molecule has 2 amide bonds. The Kier molecular flexibility index (Phi) is 14.8. The fourth-order valence-corrected chi connectivity index (χ4v) is 1.62. The van der Waals surface area contributed by atoms with Gasteiger partial charge in [-0.1, -0.05) is 24.6 Å². The van der Waals surface area contributed by atoms with Crippen molar-refractivity contribution in [1.29, 1.82) is 0 Å². The lowest BCUT2D eigenvalue weighted by Crippen LogP contribution is -2.32. The van der Waals surface area contributed by atoms with Crippen LogP contribution in [-0.4, -0.2) is 63.4 Å². The van der Waals surface area contributed by atoms with Crippen LogP contribution in [0.5, 0.6) is 0 Å². The van der Waals surface area contributed by atoms with Gasteiger partial charge in [0, 0.05) is 19.0 Å². The third-order valence-electron chi connectivity index (χ3n) is 2.61. The summed E-state index contributed by atoms with van der Waals surface area (Å²) in [6, 6.07) is 0. The molecule has 0 radical (unpaired) electrons. The van der Waals surface area contributed by atoms with Gasteiger partial charge in [-0.05, 0) is 6.92 Å². The molecule has 0 rings (SSSR count). The predicted octanol–water partition coefficient (Wildman–Crippen LogP) is 0.849. The summed E-state index contributed by atoms with van der Waals surface area (Å²) in [5.74, 6) is -0.175. The number of hydrogen-bond acceptors (Lipinski definition) is 7. The minimum atomic E-state index is -0.181. The molecule has 0 aliphatic carbocycles. The second-order valence-electron chi connectivity index (χ2n) is 5.00. The van der Waals surface area contributed by atoms with Gasteiger partial charge in [-0.15, -0.1) is 11.7 Å². The molecule has 7 nitrogen and oxygen atoms in total. The maximum absolute atomic E-state index is 11.4. The highest BCUT2D eigenvalue weighted by Crippen LogP contribution is 2.14. The minimum absolute atomic E-state index is 0.0138. The molecule has 9 heteroatoms. The van der Waals surface area contributed by atoms with Crippen molar-refractivity contribution in [3.63, 3.8) is 0 Å². The molecular formula is C14H28N2O5S2. The largest absolute Gasteiger partial charge is 0.377 e. The first kappa shape index (κ1) is 22.5. The summed E-state index contributed by atoms with van der Waals surface area (Å²) >= 11 is 3.98. The lowest BCUT2D eigenvalue weighted by atomic mass is 10.2. The van der Waals surface area contributed by atoms with Crippen LogP contribution in [0.2, 0.25) is 0 Å². The van der Waals surface area contributed by atoms with Crippen LogP contribution in [0.15, 0.2) is 0 Å². The quantitative estimate of drug-likeness (QED) is 0.182. The van der Waals surface area contributed by atoms with Crippen LogP contribution in [0, 0.1) is 5.92 Å². The van der Waals surface area contributed by atoms with Gasteiger partial charge in [-0.3, -0.25) is 9.59 Å². The van der Waals surface area contributed by atoms with Crippen LogP contribution < -0.4 is 10.6 Å². The number of amides is 2. The predicted molar refractivity (Wildman–Crippen MR) is 94.5 cm³/mol. The number of carbonyl (C=O) groups excluding carboxylic acids is 2. The van der Waals surface area contributed by atoms with Gasteiger partial charge in [0.1, 0.15) is 12.0 Å². The van der Waals surface area contributed by atoms with Crippen molar-refractivity contribution in [2.24, 2.45) is 5.92 Å². The summed E-state index contributed by atoms with van der Waals surface area (Å²) in [6.45, 7) is 8.20. The van der Waals surface area contributed by atoms with Gasteiger partial charge < -0.3 is 24.8 Å². The van der Waals surface area contributed by atoms with E-state index >= 15 is 0 Å². The lowest BCUT2D eigenvalue weighted by molar-refractivity contribution is -0.126. The lowest BCUT2D eigenvalue weighted by Gasteiger charge is -2.10. The molecule has 0 aliphatic heterocycles. The zero-order valence-corrected chi connectivity index (χ0v) is 15.7. The van der Waals surface area contributed by atoms with E-state index in [0.717, 1.165) is 0 Å². The highest BCUT2D eigenvalue weighted by atomic mass is 33.1. The first-order valence-electron chi connectivity index (χ1n) is 7.59. The number of thiol groups is 1. The molecule has 0 fully saturated rings. The third kappa shape index (κ3) is 14.8. The zero-order chi connectivity index (χ0) is 17.5. The molecular weight excluding hydrogens is 340 g/mol. The molecule has 0 aliphatic rings. The summed E-state index contributed by atoms with van der Waals surface area (Å²) in [5.41, 5.74) is -0.122. The van der Waals surface area contributed by atoms with E-state index in [2.05, 4.69) is 22.3 Å². The Bertz CT molecular complexity index is 332. The molecule has 0 heterocycles. The van der Waals surface area contributed by atoms with Gasteiger partial charge in [-0.25, -0.2) is 0 Å². The van der Waals surface area contributed by atoms with Gasteiger partial charge in [0.15, 0.2) is 0 Å². The van der Waals surface area contributed by atoms with Crippen molar-refractivity contribution in [3.05, 3.63) is 0 Å². The van der Waals surface area contributed by atoms with E-state index in [9.17, 15) is 9.59 Å². The molecule has 0 saturated heterocycles. The summed E-state index contributed by atoms with van der Waals surface area (Å²) in [6.07, 6.45) is 0. The van der Waals surface area contributed by atoms with E-state index < -0.39 is 0 Å². The number of rotatable bonds is 14. The maximum Gasteiger partial charge on any atom is 0.246 e. The van der Waals surface area contributed by atoms with Crippen molar-refractivity contribution in [2.75, 3.05) is 46.1 Å². The Morgan fingerprint density at radius 2 is 1.57 bits per heavy atom. The second kappa shape index (κ2) is 15.1. The van der Waals surface area contributed by atoms with Crippen LogP contribution >= 0.6 is 22.5 Å². The topological polar surface area (TPSA) is 85.9 Å². The normalized spacial score (nSPS) is 12.2. The molecule has 1 atom stereocenters. The third-order valence-corrected chi connectivity index (χ3v) is 3.93. The zero-order valence-electron chi connectivity index (χ0n) is 14.0. The average molecular weight is 369 g/mol. The van der Waals surface area contributed by atoms with E-state index in [-0.39, 0.29) is 29.8 Å². The molecule has 1 unspecified atom stereocenters. The Balaban J connectivity index is 3.27. The molecule has 0 spiro atoms. The summed E-state index contributed by atoms with van der Waals surface area (Å²) in [4.78, 5) is 22.7. The van der Waals surface area contributed by atoms with Gasteiger partial charge >= 0.3 is 0 Å². The molecule has 0 aromatic carbocycles. The SMILES string of the molecule is CC(OCC(=O)NCCOCCOCCNC(=O)C(C)C)SS. The van der Waals surface area contributed by atoms with Crippen molar-refractivity contribution < 1.29 is 23.8 Å². The van der Waals surface area contributed by atoms with Crippen LogP contribution in [-0.2, 0) is 23.8 Å². The molecule has 23 heavy (non-hydrogen) atoms. The summed E-state index contributed by atoms with van der Waals surface area (Å²) < 4.78 is 15.8. The smallest absolute Gasteiger partial charge is 0.246 e. The first-order chi connectivity index (χ1) is 11.0. The average Bonchev–Trinajstić information content (AvgIpc) is 2.53. The van der Waals surface area contributed by atoms with Crippen molar-refractivity contribution in [2.45, 2.75) is 26.2 Å².